The number of benzene rings is 1. The third-order valence-corrected chi connectivity index (χ3v) is 5.01. The van der Waals surface area contributed by atoms with Crippen LogP contribution in [0.1, 0.15) is 12.5 Å². The van der Waals surface area contributed by atoms with Crippen LogP contribution in [0.2, 0.25) is 5.02 Å². The van der Waals surface area contributed by atoms with Crippen LogP contribution in [-0.4, -0.2) is 53.0 Å². The first-order chi connectivity index (χ1) is 12.1. The maximum atomic E-state index is 12.6. The summed E-state index contributed by atoms with van der Waals surface area (Å²) >= 11 is 6.12. The van der Waals surface area contributed by atoms with Gasteiger partial charge in [0.1, 0.15) is 0 Å². The summed E-state index contributed by atoms with van der Waals surface area (Å²) in [4.78, 5) is 25.5. The van der Waals surface area contributed by atoms with Gasteiger partial charge in [-0.1, -0.05) is 17.7 Å². The minimum absolute atomic E-state index is 0.0187. The molecule has 0 saturated carbocycles. The average Bonchev–Trinajstić information content (AvgIpc) is 2.65. The standard InChI is InChI=1S/C18H22ClN5O/c1-13-15(19)5-3-6-16(13)22-17(25)14(2)23-9-11-24(12-10-23)18-20-7-4-8-21-18/h3-8,14H,9-12H2,1-2H3,(H,22,25). The highest BCUT2D eigenvalue weighted by Crippen LogP contribution is 2.23. The van der Waals surface area contributed by atoms with Gasteiger partial charge in [0.05, 0.1) is 6.04 Å². The maximum Gasteiger partial charge on any atom is 0.241 e. The molecule has 25 heavy (non-hydrogen) atoms. The van der Waals surface area contributed by atoms with Gasteiger partial charge in [0.2, 0.25) is 11.9 Å². The number of carbonyl (C=O) groups is 1. The summed E-state index contributed by atoms with van der Waals surface area (Å²) in [5.41, 5.74) is 1.65. The lowest BCUT2D eigenvalue weighted by molar-refractivity contribution is -0.120. The number of hydrogen-bond donors (Lipinski definition) is 1. The second kappa shape index (κ2) is 7.80. The molecule has 1 fully saturated rings. The van der Waals surface area contributed by atoms with Gasteiger partial charge in [-0.05, 0) is 37.6 Å². The molecule has 2 heterocycles. The van der Waals surface area contributed by atoms with Crippen molar-refractivity contribution in [1.29, 1.82) is 0 Å². The van der Waals surface area contributed by atoms with E-state index in [-0.39, 0.29) is 11.9 Å². The largest absolute Gasteiger partial charge is 0.338 e. The van der Waals surface area contributed by atoms with Gasteiger partial charge in [0, 0.05) is 49.3 Å². The normalized spacial score (nSPS) is 16.5. The van der Waals surface area contributed by atoms with E-state index in [1.54, 1.807) is 12.4 Å². The minimum Gasteiger partial charge on any atom is -0.338 e. The molecule has 7 heteroatoms. The Morgan fingerprint density at radius 3 is 2.52 bits per heavy atom. The predicted molar refractivity (Wildman–Crippen MR) is 100 cm³/mol. The van der Waals surface area contributed by atoms with Gasteiger partial charge in [0.15, 0.2) is 0 Å². The highest BCUT2D eigenvalue weighted by atomic mass is 35.5. The number of hydrogen-bond acceptors (Lipinski definition) is 5. The van der Waals surface area contributed by atoms with Gasteiger partial charge in [-0.3, -0.25) is 9.69 Å². The molecule has 1 aliphatic heterocycles. The van der Waals surface area contributed by atoms with Crippen molar-refractivity contribution in [3.8, 4) is 0 Å². The average molecular weight is 360 g/mol. The van der Waals surface area contributed by atoms with Crippen LogP contribution in [0.3, 0.4) is 0 Å². The highest BCUT2D eigenvalue weighted by Gasteiger charge is 2.26. The summed E-state index contributed by atoms with van der Waals surface area (Å²) in [5, 5.41) is 3.64. The summed E-state index contributed by atoms with van der Waals surface area (Å²) in [6, 6.07) is 7.13. The minimum atomic E-state index is -0.211. The highest BCUT2D eigenvalue weighted by molar-refractivity contribution is 6.31. The molecule has 0 radical (unpaired) electrons. The summed E-state index contributed by atoms with van der Waals surface area (Å²) < 4.78 is 0. The number of nitrogens with one attached hydrogen (secondary N) is 1. The first-order valence-corrected chi connectivity index (χ1v) is 8.76. The Morgan fingerprint density at radius 1 is 1.16 bits per heavy atom. The smallest absolute Gasteiger partial charge is 0.241 e. The lowest BCUT2D eigenvalue weighted by atomic mass is 10.1. The van der Waals surface area contributed by atoms with Gasteiger partial charge < -0.3 is 10.2 Å². The molecule has 2 aromatic rings. The van der Waals surface area contributed by atoms with Crippen LogP contribution in [0.15, 0.2) is 36.7 Å². The molecule has 1 aliphatic rings. The molecule has 0 aliphatic carbocycles. The molecule has 1 saturated heterocycles. The fraction of sp³-hybridized carbons (Fsp3) is 0.389. The van der Waals surface area contributed by atoms with Crippen molar-refractivity contribution in [3.63, 3.8) is 0 Å². The number of rotatable bonds is 4. The zero-order valence-electron chi connectivity index (χ0n) is 14.4. The zero-order valence-corrected chi connectivity index (χ0v) is 15.2. The number of amides is 1. The number of nitrogens with zero attached hydrogens (tertiary/aromatic N) is 4. The van der Waals surface area contributed by atoms with Gasteiger partial charge in [-0.2, -0.15) is 0 Å². The number of aromatic nitrogens is 2. The number of anilines is 2. The molecular weight excluding hydrogens is 338 g/mol. The van der Waals surface area contributed by atoms with Crippen molar-refractivity contribution < 1.29 is 4.79 Å². The van der Waals surface area contributed by atoms with Crippen molar-refractivity contribution in [2.75, 3.05) is 36.4 Å². The van der Waals surface area contributed by atoms with E-state index in [0.29, 0.717) is 5.02 Å². The van der Waals surface area contributed by atoms with Crippen molar-refractivity contribution in [2.24, 2.45) is 0 Å². The SMILES string of the molecule is Cc1c(Cl)cccc1NC(=O)C(C)N1CCN(c2ncccn2)CC1. The van der Waals surface area contributed by atoms with Gasteiger partial charge in [-0.15, -0.1) is 0 Å². The van der Waals surface area contributed by atoms with E-state index in [2.05, 4.69) is 25.1 Å². The van der Waals surface area contributed by atoms with Crippen LogP contribution in [0.25, 0.3) is 0 Å². The summed E-state index contributed by atoms with van der Waals surface area (Å²) in [6.45, 7) is 7.03. The first-order valence-electron chi connectivity index (χ1n) is 8.38. The second-order valence-corrected chi connectivity index (χ2v) is 6.56. The van der Waals surface area contributed by atoms with Gasteiger partial charge >= 0.3 is 0 Å². The number of piperazine rings is 1. The van der Waals surface area contributed by atoms with E-state index in [0.717, 1.165) is 43.4 Å². The van der Waals surface area contributed by atoms with Crippen LogP contribution in [0.5, 0.6) is 0 Å². The second-order valence-electron chi connectivity index (χ2n) is 6.15. The number of halogens is 1. The topological polar surface area (TPSA) is 61.4 Å². The van der Waals surface area contributed by atoms with E-state index in [9.17, 15) is 4.79 Å². The van der Waals surface area contributed by atoms with Crippen molar-refractivity contribution >= 4 is 29.1 Å². The van der Waals surface area contributed by atoms with Crippen molar-refractivity contribution in [3.05, 3.63) is 47.2 Å². The molecular formula is C18H22ClN5O. The molecule has 1 atom stereocenters. The van der Waals surface area contributed by atoms with Gasteiger partial charge in [-0.25, -0.2) is 9.97 Å². The fourth-order valence-electron chi connectivity index (χ4n) is 2.91. The Kier molecular flexibility index (Phi) is 5.50. The Balaban J connectivity index is 1.58. The van der Waals surface area contributed by atoms with Crippen molar-refractivity contribution in [1.82, 2.24) is 14.9 Å². The van der Waals surface area contributed by atoms with Crippen LogP contribution in [0, 0.1) is 6.92 Å². The van der Waals surface area contributed by atoms with E-state index < -0.39 is 0 Å². The first kappa shape index (κ1) is 17.6. The summed E-state index contributed by atoms with van der Waals surface area (Å²) in [6.07, 6.45) is 3.50. The predicted octanol–water partition coefficient (Wildman–Crippen LogP) is 2.59. The van der Waals surface area contributed by atoms with Crippen LogP contribution in [-0.2, 0) is 4.79 Å². The summed E-state index contributed by atoms with van der Waals surface area (Å²) in [5.74, 6) is 0.726. The third kappa shape index (κ3) is 4.08. The van der Waals surface area contributed by atoms with Gasteiger partial charge in [0.25, 0.3) is 0 Å². The molecule has 0 bridgehead atoms. The molecule has 3 rings (SSSR count). The molecule has 1 unspecified atom stereocenters. The van der Waals surface area contributed by atoms with Crippen LogP contribution >= 0.6 is 11.6 Å². The van der Waals surface area contributed by atoms with Crippen molar-refractivity contribution in [2.45, 2.75) is 19.9 Å². The van der Waals surface area contributed by atoms with E-state index >= 15 is 0 Å². The quantitative estimate of drug-likeness (QED) is 0.909. The molecule has 1 N–H and O–H groups in total. The Labute approximate surface area is 152 Å². The zero-order chi connectivity index (χ0) is 17.8. The Hall–Kier alpha value is -2.18. The summed E-state index contributed by atoms with van der Waals surface area (Å²) in [7, 11) is 0. The lowest BCUT2D eigenvalue weighted by Gasteiger charge is -2.37. The fourth-order valence-corrected chi connectivity index (χ4v) is 3.08. The van der Waals surface area contributed by atoms with Crippen LogP contribution in [0.4, 0.5) is 11.6 Å². The van der Waals surface area contributed by atoms with Crippen LogP contribution < -0.4 is 10.2 Å². The molecule has 0 spiro atoms. The van der Waals surface area contributed by atoms with E-state index in [1.807, 2.05) is 38.1 Å². The maximum absolute atomic E-state index is 12.6. The molecule has 1 aromatic carbocycles. The van der Waals surface area contributed by atoms with E-state index in [4.69, 9.17) is 11.6 Å². The molecule has 1 amide bonds. The van der Waals surface area contributed by atoms with E-state index in [1.165, 1.54) is 0 Å². The number of carbonyl (C=O) groups excluding carboxylic acids is 1. The lowest BCUT2D eigenvalue weighted by Crippen LogP contribution is -2.53. The Bertz CT molecular complexity index is 732. The molecule has 132 valence electrons. The molecule has 6 nitrogen and oxygen atoms in total. The third-order valence-electron chi connectivity index (χ3n) is 4.60. The molecule has 1 aromatic heterocycles. The monoisotopic (exact) mass is 359 g/mol. The Morgan fingerprint density at radius 2 is 1.84 bits per heavy atom.